The van der Waals surface area contributed by atoms with E-state index in [4.69, 9.17) is 21.4 Å². The van der Waals surface area contributed by atoms with E-state index in [1.807, 2.05) is 49.8 Å². The summed E-state index contributed by atoms with van der Waals surface area (Å²) >= 11 is 5.34. The van der Waals surface area contributed by atoms with Gasteiger partial charge < -0.3 is 14.5 Å². The molecule has 31 heavy (non-hydrogen) atoms. The summed E-state index contributed by atoms with van der Waals surface area (Å²) in [4.78, 5) is 14.3. The van der Waals surface area contributed by atoms with Crippen LogP contribution in [0.4, 0.5) is 0 Å². The van der Waals surface area contributed by atoms with Gasteiger partial charge in [-0.1, -0.05) is 6.07 Å². The van der Waals surface area contributed by atoms with Gasteiger partial charge in [-0.15, -0.1) is 0 Å². The normalized spacial score (nSPS) is 15.1. The number of benzene rings is 1. The van der Waals surface area contributed by atoms with Gasteiger partial charge in [-0.25, -0.2) is 0 Å². The highest BCUT2D eigenvalue weighted by Gasteiger charge is 2.31. The van der Waals surface area contributed by atoms with Crippen molar-refractivity contribution in [3.8, 4) is 5.75 Å². The molecule has 0 unspecified atom stereocenters. The van der Waals surface area contributed by atoms with E-state index in [0.717, 1.165) is 29.0 Å². The largest absolute Gasteiger partial charge is 0.486 e. The van der Waals surface area contributed by atoms with E-state index in [-0.39, 0.29) is 5.91 Å². The molecule has 0 bridgehead atoms. The highest BCUT2D eigenvalue weighted by atomic mass is 32.1. The Kier molecular flexibility index (Phi) is 5.90. The first-order valence-corrected chi connectivity index (χ1v) is 10.5. The van der Waals surface area contributed by atoms with E-state index in [1.165, 1.54) is 4.90 Å². The van der Waals surface area contributed by atoms with Crippen molar-refractivity contribution >= 4 is 29.3 Å². The van der Waals surface area contributed by atoms with Crippen molar-refractivity contribution in [1.82, 2.24) is 20.0 Å². The third kappa shape index (κ3) is 4.86. The third-order valence-corrected chi connectivity index (χ3v) is 5.18. The maximum atomic E-state index is 12.8. The predicted octanol–water partition coefficient (Wildman–Crippen LogP) is 3.95. The maximum Gasteiger partial charge on any atom is 0.276 e. The number of hydrogen-bond donors (Lipinski definition) is 1. The fourth-order valence-electron chi connectivity index (χ4n) is 3.42. The number of rotatable bonds is 7. The van der Waals surface area contributed by atoms with Gasteiger partial charge in [0.25, 0.3) is 5.91 Å². The fourth-order valence-corrected chi connectivity index (χ4v) is 3.68. The van der Waals surface area contributed by atoms with Gasteiger partial charge in [-0.05, 0) is 68.4 Å². The summed E-state index contributed by atoms with van der Waals surface area (Å²) in [5, 5.41) is 7.58. The molecule has 1 saturated heterocycles. The van der Waals surface area contributed by atoms with Gasteiger partial charge in [-0.2, -0.15) is 5.10 Å². The molecular formula is C23H24N4O3S. The Labute approximate surface area is 186 Å². The van der Waals surface area contributed by atoms with Crippen LogP contribution in [-0.4, -0.2) is 25.7 Å². The average Bonchev–Trinajstić information content (AvgIpc) is 3.43. The lowest BCUT2D eigenvalue weighted by Gasteiger charge is -2.12. The summed E-state index contributed by atoms with van der Waals surface area (Å²) in [5.74, 6) is 1.83. The lowest BCUT2D eigenvalue weighted by atomic mass is 10.1. The van der Waals surface area contributed by atoms with Crippen LogP contribution in [0, 0.1) is 13.8 Å². The summed E-state index contributed by atoms with van der Waals surface area (Å²) in [6.07, 6.45) is 5.31. The first kappa shape index (κ1) is 20.9. The van der Waals surface area contributed by atoms with Crippen LogP contribution in [0.15, 0.2) is 52.8 Å². The number of nitrogens with one attached hydrogen (secondary N) is 1. The van der Waals surface area contributed by atoms with Crippen LogP contribution in [0.2, 0.25) is 0 Å². The minimum absolute atomic E-state index is 0.196. The van der Waals surface area contributed by atoms with Gasteiger partial charge >= 0.3 is 0 Å². The zero-order chi connectivity index (χ0) is 22.0. The predicted molar refractivity (Wildman–Crippen MR) is 121 cm³/mol. The number of ether oxygens (including phenoxy) is 1. The average molecular weight is 437 g/mol. The second-order valence-corrected chi connectivity index (χ2v) is 7.89. The molecule has 0 radical (unpaired) electrons. The monoisotopic (exact) mass is 436 g/mol. The van der Waals surface area contributed by atoms with Crippen LogP contribution >= 0.6 is 12.2 Å². The molecule has 1 N–H and O–H groups in total. The van der Waals surface area contributed by atoms with E-state index in [0.29, 0.717) is 35.5 Å². The Morgan fingerprint density at radius 3 is 2.71 bits per heavy atom. The summed E-state index contributed by atoms with van der Waals surface area (Å²) in [6, 6.07) is 9.71. The highest BCUT2D eigenvalue weighted by molar-refractivity contribution is 7.80. The van der Waals surface area contributed by atoms with Crippen LogP contribution in [0.3, 0.4) is 0 Å². The van der Waals surface area contributed by atoms with Crippen molar-refractivity contribution in [1.29, 1.82) is 0 Å². The van der Waals surface area contributed by atoms with Gasteiger partial charge in [0.1, 0.15) is 29.6 Å². The molecule has 1 aliphatic heterocycles. The molecule has 1 amide bonds. The SMILES string of the molecule is CCn1cc(CN2C(=O)/C(=C\c3ccc(COc4cc(C)cc(C)c4)o3)NC2=S)cn1. The van der Waals surface area contributed by atoms with Gasteiger partial charge in [-0.3, -0.25) is 14.4 Å². The van der Waals surface area contributed by atoms with Crippen molar-refractivity contribution in [2.45, 2.75) is 40.5 Å². The van der Waals surface area contributed by atoms with Crippen molar-refractivity contribution in [2.75, 3.05) is 0 Å². The molecule has 2 aromatic heterocycles. The highest BCUT2D eigenvalue weighted by Crippen LogP contribution is 2.21. The number of nitrogens with zero attached hydrogens (tertiary/aromatic N) is 3. The van der Waals surface area contributed by atoms with Crippen molar-refractivity contribution in [3.05, 3.63) is 76.6 Å². The topological polar surface area (TPSA) is 72.5 Å². The molecule has 4 rings (SSSR count). The van der Waals surface area contributed by atoms with Crippen LogP contribution in [-0.2, 0) is 24.5 Å². The van der Waals surface area contributed by atoms with E-state index in [2.05, 4.69) is 16.5 Å². The Balaban J connectivity index is 1.41. The molecule has 3 heterocycles. The van der Waals surface area contributed by atoms with Gasteiger partial charge in [0, 0.05) is 24.4 Å². The van der Waals surface area contributed by atoms with Crippen molar-refractivity contribution in [2.24, 2.45) is 0 Å². The molecule has 0 atom stereocenters. The van der Waals surface area contributed by atoms with Gasteiger partial charge in [0.15, 0.2) is 5.11 Å². The number of aromatic nitrogens is 2. The fraction of sp³-hybridized carbons (Fsp3) is 0.261. The molecule has 160 valence electrons. The minimum Gasteiger partial charge on any atom is -0.486 e. The summed E-state index contributed by atoms with van der Waals surface area (Å²) in [7, 11) is 0. The van der Waals surface area contributed by atoms with Crippen LogP contribution < -0.4 is 10.1 Å². The quantitative estimate of drug-likeness (QED) is 0.447. The molecule has 1 aromatic carbocycles. The summed E-state index contributed by atoms with van der Waals surface area (Å²) in [6.45, 7) is 7.53. The first-order chi connectivity index (χ1) is 14.9. The van der Waals surface area contributed by atoms with Crippen molar-refractivity contribution in [3.63, 3.8) is 0 Å². The number of carbonyl (C=O) groups is 1. The standard InChI is InChI=1S/C23H24N4O3S/c1-4-26-12-17(11-24-26)13-27-22(28)21(25-23(27)31)10-18-5-6-19(30-18)14-29-20-8-15(2)7-16(3)9-20/h5-12H,4,13-14H2,1-3H3,(H,25,31)/b21-10+. The Bertz CT molecular complexity index is 1140. The second-order valence-electron chi connectivity index (χ2n) is 7.50. The van der Waals surface area contributed by atoms with E-state index < -0.39 is 0 Å². The number of furan rings is 1. The van der Waals surface area contributed by atoms with E-state index in [9.17, 15) is 4.79 Å². The Morgan fingerprint density at radius 2 is 2.00 bits per heavy atom. The number of hydrogen-bond acceptors (Lipinski definition) is 5. The number of aryl methyl sites for hydroxylation is 3. The molecule has 0 spiro atoms. The third-order valence-electron chi connectivity index (χ3n) is 4.86. The van der Waals surface area contributed by atoms with Crippen LogP contribution in [0.1, 0.15) is 35.1 Å². The minimum atomic E-state index is -0.196. The summed E-state index contributed by atoms with van der Waals surface area (Å²) in [5.41, 5.74) is 3.59. The summed E-state index contributed by atoms with van der Waals surface area (Å²) < 4.78 is 13.5. The molecule has 3 aromatic rings. The molecule has 0 saturated carbocycles. The molecule has 7 nitrogen and oxygen atoms in total. The smallest absolute Gasteiger partial charge is 0.276 e. The zero-order valence-corrected chi connectivity index (χ0v) is 18.5. The first-order valence-electron chi connectivity index (χ1n) is 10.1. The molecular weight excluding hydrogens is 412 g/mol. The van der Waals surface area contributed by atoms with Crippen LogP contribution in [0.5, 0.6) is 5.75 Å². The zero-order valence-electron chi connectivity index (χ0n) is 17.7. The Hall–Kier alpha value is -3.39. The molecule has 8 heteroatoms. The van der Waals surface area contributed by atoms with Crippen LogP contribution in [0.25, 0.3) is 6.08 Å². The van der Waals surface area contributed by atoms with Gasteiger partial charge in [0.05, 0.1) is 12.7 Å². The molecule has 1 aliphatic rings. The molecule has 0 aliphatic carbocycles. The lowest BCUT2D eigenvalue weighted by molar-refractivity contribution is -0.122. The second kappa shape index (κ2) is 8.77. The van der Waals surface area contributed by atoms with E-state index >= 15 is 0 Å². The molecule has 1 fully saturated rings. The van der Waals surface area contributed by atoms with Gasteiger partial charge in [0.2, 0.25) is 0 Å². The van der Waals surface area contributed by atoms with Crippen molar-refractivity contribution < 1.29 is 13.9 Å². The Morgan fingerprint density at radius 1 is 1.23 bits per heavy atom. The lowest BCUT2D eigenvalue weighted by Crippen LogP contribution is -2.29. The number of thiocarbonyl (C=S) groups is 1. The maximum absolute atomic E-state index is 12.8. The van der Waals surface area contributed by atoms with E-state index in [1.54, 1.807) is 18.3 Å². The number of amides is 1. The number of carbonyl (C=O) groups excluding carboxylic acids is 1.